The summed E-state index contributed by atoms with van der Waals surface area (Å²) >= 11 is 1.21. The van der Waals surface area contributed by atoms with Crippen molar-refractivity contribution in [2.45, 2.75) is 28.6 Å². The number of aliphatic hydroxyl groups excluding tert-OH is 1. The van der Waals surface area contributed by atoms with Gasteiger partial charge in [0.2, 0.25) is 5.91 Å². The van der Waals surface area contributed by atoms with Crippen molar-refractivity contribution in [2.75, 3.05) is 19.7 Å². The predicted octanol–water partition coefficient (Wildman–Crippen LogP) is 2.86. The highest BCUT2D eigenvalue weighted by Gasteiger charge is 2.26. The van der Waals surface area contributed by atoms with E-state index in [2.05, 4.69) is 10.2 Å². The predicted molar refractivity (Wildman–Crippen MR) is 99.1 cm³/mol. The van der Waals surface area contributed by atoms with Crippen molar-refractivity contribution in [3.05, 3.63) is 54.0 Å². The molecule has 146 valence electrons. The molecule has 0 unspecified atom stereocenters. The van der Waals surface area contributed by atoms with Crippen molar-refractivity contribution in [3.8, 4) is 0 Å². The Bertz CT molecular complexity index is 1020. The highest BCUT2D eigenvalue weighted by Crippen LogP contribution is 2.32. The van der Waals surface area contributed by atoms with Crippen molar-refractivity contribution in [1.29, 1.82) is 0 Å². The first-order valence-electron chi connectivity index (χ1n) is 8.91. The molecule has 3 aromatic rings. The van der Waals surface area contributed by atoms with Crippen LogP contribution in [0.4, 0.5) is 8.78 Å². The molecule has 0 aliphatic carbocycles. The van der Waals surface area contributed by atoms with Crippen molar-refractivity contribution in [3.63, 3.8) is 0 Å². The Morgan fingerprint density at radius 3 is 2.68 bits per heavy atom. The normalized spacial score (nSPS) is 15.3. The largest absolute Gasteiger partial charge is 0.387 e. The number of rotatable bonds is 4. The number of pyridine rings is 1. The summed E-state index contributed by atoms with van der Waals surface area (Å²) in [6.07, 6.45) is 3.32. The summed E-state index contributed by atoms with van der Waals surface area (Å²) < 4.78 is 28.9. The van der Waals surface area contributed by atoms with Crippen LogP contribution < -0.4 is 0 Å². The fraction of sp³-hybridized carbons (Fsp3) is 0.316. The third kappa shape index (κ3) is 3.72. The van der Waals surface area contributed by atoms with Gasteiger partial charge in [0.25, 0.3) is 0 Å². The first-order valence-corrected chi connectivity index (χ1v) is 9.73. The van der Waals surface area contributed by atoms with Gasteiger partial charge in [-0.1, -0.05) is 11.8 Å². The van der Waals surface area contributed by atoms with Crippen LogP contribution in [0.3, 0.4) is 0 Å². The van der Waals surface area contributed by atoms with E-state index in [0.29, 0.717) is 23.6 Å². The Morgan fingerprint density at radius 1 is 1.18 bits per heavy atom. The van der Waals surface area contributed by atoms with Gasteiger partial charge in [0.05, 0.1) is 0 Å². The number of benzene rings is 1. The van der Waals surface area contributed by atoms with Crippen molar-refractivity contribution in [1.82, 2.24) is 19.5 Å². The SMILES string of the molecule is O=C(CO)N1CCC(c2nnc3ccc(Sc4ccc(F)cc4F)cn23)CC1. The van der Waals surface area contributed by atoms with E-state index >= 15 is 0 Å². The number of fused-ring (bicyclic) bond motifs is 1. The lowest BCUT2D eigenvalue weighted by molar-refractivity contribution is -0.135. The third-order valence-corrected chi connectivity index (χ3v) is 5.90. The molecule has 0 atom stereocenters. The second-order valence-electron chi connectivity index (χ2n) is 6.64. The maximum absolute atomic E-state index is 13.9. The van der Waals surface area contributed by atoms with Crippen LogP contribution in [0.1, 0.15) is 24.6 Å². The fourth-order valence-electron chi connectivity index (χ4n) is 3.40. The molecule has 1 N–H and O–H groups in total. The van der Waals surface area contributed by atoms with Gasteiger partial charge in [-0.15, -0.1) is 10.2 Å². The number of piperidine rings is 1. The number of aliphatic hydroxyl groups is 1. The Hall–Kier alpha value is -2.52. The first kappa shape index (κ1) is 18.8. The van der Waals surface area contributed by atoms with E-state index in [0.717, 1.165) is 29.6 Å². The Labute approximate surface area is 164 Å². The van der Waals surface area contributed by atoms with E-state index < -0.39 is 18.2 Å². The van der Waals surface area contributed by atoms with E-state index in [-0.39, 0.29) is 11.8 Å². The van der Waals surface area contributed by atoms with Crippen LogP contribution in [-0.2, 0) is 4.79 Å². The molecule has 0 radical (unpaired) electrons. The summed E-state index contributed by atoms with van der Waals surface area (Å²) in [6, 6.07) is 7.15. The number of hydrogen-bond acceptors (Lipinski definition) is 5. The summed E-state index contributed by atoms with van der Waals surface area (Å²) in [7, 11) is 0. The lowest BCUT2D eigenvalue weighted by atomic mass is 9.96. The van der Waals surface area contributed by atoms with E-state index in [9.17, 15) is 13.6 Å². The molecule has 3 heterocycles. The maximum Gasteiger partial charge on any atom is 0.248 e. The number of nitrogens with zero attached hydrogens (tertiary/aromatic N) is 4. The molecular formula is C19H18F2N4O2S. The maximum atomic E-state index is 13.9. The highest BCUT2D eigenvalue weighted by molar-refractivity contribution is 7.99. The number of aromatic nitrogens is 3. The van der Waals surface area contributed by atoms with Gasteiger partial charge >= 0.3 is 0 Å². The average Bonchev–Trinajstić information content (AvgIpc) is 3.13. The molecule has 28 heavy (non-hydrogen) atoms. The summed E-state index contributed by atoms with van der Waals surface area (Å²) in [4.78, 5) is 14.4. The summed E-state index contributed by atoms with van der Waals surface area (Å²) in [5.41, 5.74) is 0.688. The van der Waals surface area contributed by atoms with Crippen LogP contribution >= 0.6 is 11.8 Å². The average molecular weight is 404 g/mol. The lowest BCUT2D eigenvalue weighted by Gasteiger charge is -2.30. The van der Waals surface area contributed by atoms with Crippen LogP contribution in [0.2, 0.25) is 0 Å². The Kier molecular flexibility index (Phi) is 5.27. The van der Waals surface area contributed by atoms with Crippen molar-refractivity contribution >= 4 is 23.3 Å². The summed E-state index contributed by atoms with van der Waals surface area (Å²) in [6.45, 7) is 0.654. The Balaban J connectivity index is 1.56. The third-order valence-electron chi connectivity index (χ3n) is 4.87. The van der Waals surface area contributed by atoms with E-state index in [4.69, 9.17) is 5.11 Å². The summed E-state index contributed by atoms with van der Waals surface area (Å²) in [5, 5.41) is 17.5. The standard InChI is InChI=1S/C19H18F2N4O2S/c20-13-1-3-16(15(21)9-13)28-14-2-4-17-22-23-19(25(17)10-14)12-5-7-24(8-6-12)18(27)11-26/h1-4,9-10,12,26H,5-8,11H2. The molecular weight excluding hydrogens is 386 g/mol. The van der Waals surface area contributed by atoms with Crippen LogP contribution in [0.5, 0.6) is 0 Å². The fourth-order valence-corrected chi connectivity index (χ4v) is 4.24. The van der Waals surface area contributed by atoms with Crippen molar-refractivity contribution < 1.29 is 18.7 Å². The number of halogens is 2. The number of carbonyl (C=O) groups excluding carboxylic acids is 1. The van der Waals surface area contributed by atoms with Crippen LogP contribution in [0, 0.1) is 11.6 Å². The molecule has 1 fully saturated rings. The summed E-state index contributed by atoms with van der Waals surface area (Å²) in [5.74, 6) is -0.530. The van der Waals surface area contributed by atoms with Gasteiger partial charge in [0.1, 0.15) is 24.1 Å². The van der Waals surface area contributed by atoms with Gasteiger partial charge in [-0.3, -0.25) is 9.20 Å². The Morgan fingerprint density at radius 2 is 1.96 bits per heavy atom. The molecule has 9 heteroatoms. The molecule has 4 rings (SSSR count). The second-order valence-corrected chi connectivity index (χ2v) is 7.76. The molecule has 1 aliphatic rings. The molecule has 0 spiro atoms. The second kappa shape index (κ2) is 7.84. The van der Waals surface area contributed by atoms with Crippen LogP contribution in [0.25, 0.3) is 5.65 Å². The monoisotopic (exact) mass is 404 g/mol. The zero-order chi connectivity index (χ0) is 19.7. The van der Waals surface area contributed by atoms with Crippen LogP contribution in [-0.4, -0.2) is 50.2 Å². The molecule has 1 saturated heterocycles. The number of likely N-dealkylation sites (tertiary alicyclic amines) is 1. The van der Waals surface area contributed by atoms with Gasteiger partial charge < -0.3 is 10.0 Å². The molecule has 1 aromatic carbocycles. The number of amides is 1. The van der Waals surface area contributed by atoms with E-state index in [1.54, 1.807) is 4.90 Å². The topological polar surface area (TPSA) is 70.7 Å². The quantitative estimate of drug-likeness (QED) is 0.724. The van der Waals surface area contributed by atoms with Gasteiger partial charge in [-0.2, -0.15) is 0 Å². The lowest BCUT2D eigenvalue weighted by Crippen LogP contribution is -2.39. The minimum atomic E-state index is -0.607. The molecule has 2 aromatic heterocycles. The minimum Gasteiger partial charge on any atom is -0.387 e. The van der Waals surface area contributed by atoms with Crippen LogP contribution in [0.15, 0.2) is 46.3 Å². The number of carbonyl (C=O) groups is 1. The molecule has 1 amide bonds. The smallest absolute Gasteiger partial charge is 0.248 e. The van der Waals surface area contributed by atoms with Gasteiger partial charge in [-0.05, 0) is 37.1 Å². The number of hydrogen-bond donors (Lipinski definition) is 1. The van der Waals surface area contributed by atoms with Gasteiger partial charge in [0.15, 0.2) is 5.65 Å². The first-order chi connectivity index (χ1) is 13.5. The molecule has 1 aliphatic heterocycles. The van der Waals surface area contributed by atoms with Gasteiger partial charge in [0, 0.05) is 41.1 Å². The molecule has 6 nitrogen and oxygen atoms in total. The highest BCUT2D eigenvalue weighted by atomic mass is 32.2. The molecule has 0 saturated carbocycles. The van der Waals surface area contributed by atoms with E-state index in [1.807, 2.05) is 22.7 Å². The minimum absolute atomic E-state index is 0.139. The van der Waals surface area contributed by atoms with E-state index in [1.165, 1.54) is 23.9 Å². The zero-order valence-electron chi connectivity index (χ0n) is 14.9. The zero-order valence-corrected chi connectivity index (χ0v) is 15.7. The van der Waals surface area contributed by atoms with Crippen molar-refractivity contribution in [2.24, 2.45) is 0 Å². The van der Waals surface area contributed by atoms with Gasteiger partial charge in [-0.25, -0.2) is 8.78 Å². The molecule has 0 bridgehead atoms.